The normalized spacial score (nSPS) is 18.8. The first-order valence-corrected chi connectivity index (χ1v) is 8.67. The third-order valence-electron chi connectivity index (χ3n) is 4.65. The topological polar surface area (TPSA) is 81.1 Å². The molecule has 0 radical (unpaired) electrons. The Bertz CT molecular complexity index is 873. The first-order valence-electron chi connectivity index (χ1n) is 8.67. The fraction of sp³-hybridized carbons (Fsp3) is 0.238. The highest BCUT2D eigenvalue weighted by Crippen LogP contribution is 2.39. The lowest BCUT2D eigenvalue weighted by Gasteiger charge is -2.25. The zero-order valence-corrected chi connectivity index (χ0v) is 15.3. The van der Waals surface area contributed by atoms with Crippen LogP contribution in [0, 0.1) is 0 Å². The lowest BCUT2D eigenvalue weighted by Crippen LogP contribution is -2.32. The predicted molar refractivity (Wildman–Crippen MR) is 103 cm³/mol. The van der Waals surface area contributed by atoms with Gasteiger partial charge < -0.3 is 20.0 Å². The summed E-state index contributed by atoms with van der Waals surface area (Å²) in [6.45, 7) is -0.263. The van der Waals surface area contributed by atoms with E-state index in [-0.39, 0.29) is 24.5 Å². The van der Waals surface area contributed by atoms with E-state index in [0.717, 1.165) is 5.69 Å². The number of carbonyl (C=O) groups is 2. The molecule has 0 spiro atoms. The molecule has 1 heterocycles. The van der Waals surface area contributed by atoms with Crippen LogP contribution in [0.15, 0.2) is 60.2 Å². The molecular weight excluding hydrogens is 344 g/mol. The van der Waals surface area contributed by atoms with Crippen molar-refractivity contribution in [1.82, 2.24) is 4.90 Å². The molecule has 3 rings (SSSR count). The van der Waals surface area contributed by atoms with E-state index in [2.05, 4.69) is 0 Å². The summed E-state index contributed by atoms with van der Waals surface area (Å²) in [7, 11) is 3.84. The molecule has 1 fully saturated rings. The largest absolute Gasteiger partial charge is 0.507 e. The number of aliphatic hydroxyl groups excluding tert-OH is 2. The molecule has 2 aromatic rings. The van der Waals surface area contributed by atoms with Gasteiger partial charge in [-0.25, -0.2) is 0 Å². The maximum Gasteiger partial charge on any atom is 0.295 e. The van der Waals surface area contributed by atoms with Crippen LogP contribution in [0.5, 0.6) is 0 Å². The monoisotopic (exact) mass is 366 g/mol. The van der Waals surface area contributed by atoms with Crippen molar-refractivity contribution in [1.29, 1.82) is 0 Å². The van der Waals surface area contributed by atoms with E-state index < -0.39 is 17.7 Å². The minimum atomic E-state index is -0.744. The lowest BCUT2D eigenvalue weighted by atomic mass is 9.95. The average Bonchev–Trinajstić information content (AvgIpc) is 2.93. The summed E-state index contributed by atoms with van der Waals surface area (Å²) >= 11 is 0. The van der Waals surface area contributed by atoms with E-state index >= 15 is 0 Å². The van der Waals surface area contributed by atoms with Gasteiger partial charge in [0.25, 0.3) is 11.7 Å². The van der Waals surface area contributed by atoms with Gasteiger partial charge in [0.05, 0.1) is 18.2 Å². The van der Waals surface area contributed by atoms with Gasteiger partial charge in [-0.3, -0.25) is 9.59 Å². The number of hydrogen-bond donors (Lipinski definition) is 2. The quantitative estimate of drug-likeness (QED) is 0.482. The van der Waals surface area contributed by atoms with Crippen molar-refractivity contribution in [2.75, 3.05) is 32.1 Å². The number of rotatable bonds is 5. The van der Waals surface area contributed by atoms with Crippen molar-refractivity contribution in [3.63, 3.8) is 0 Å². The minimum absolute atomic E-state index is 0.0102. The van der Waals surface area contributed by atoms with E-state index in [1.54, 1.807) is 30.3 Å². The Kier molecular flexibility index (Phi) is 5.28. The van der Waals surface area contributed by atoms with Crippen molar-refractivity contribution in [3.05, 3.63) is 71.3 Å². The molecule has 6 nitrogen and oxygen atoms in total. The highest BCUT2D eigenvalue weighted by molar-refractivity contribution is 6.46. The SMILES string of the molecule is CN(C)c1ccc(C2/C(=C(\O)c3ccccc3)C(=O)C(=O)N2CCO)cc1. The number of Topliss-reactive ketones (excluding diaryl/α,β-unsaturated/α-hetero) is 1. The van der Waals surface area contributed by atoms with Crippen molar-refractivity contribution in [2.45, 2.75) is 6.04 Å². The maximum atomic E-state index is 12.7. The fourth-order valence-corrected chi connectivity index (χ4v) is 3.27. The molecule has 6 heteroatoms. The number of ketones is 1. The summed E-state index contributed by atoms with van der Waals surface area (Å²) < 4.78 is 0. The highest BCUT2D eigenvalue weighted by atomic mass is 16.3. The molecule has 27 heavy (non-hydrogen) atoms. The Morgan fingerprint density at radius 3 is 2.22 bits per heavy atom. The summed E-state index contributed by atoms with van der Waals surface area (Å²) in [5.74, 6) is -1.68. The third kappa shape index (κ3) is 3.44. The van der Waals surface area contributed by atoms with Gasteiger partial charge >= 0.3 is 0 Å². The number of carbonyl (C=O) groups excluding carboxylic acids is 2. The van der Waals surface area contributed by atoms with Gasteiger partial charge in [-0.1, -0.05) is 42.5 Å². The molecule has 1 atom stereocenters. The maximum absolute atomic E-state index is 12.7. The second-order valence-corrected chi connectivity index (χ2v) is 6.57. The minimum Gasteiger partial charge on any atom is -0.507 e. The van der Waals surface area contributed by atoms with Crippen LogP contribution in [0.3, 0.4) is 0 Å². The number of benzene rings is 2. The third-order valence-corrected chi connectivity index (χ3v) is 4.65. The van der Waals surface area contributed by atoms with Gasteiger partial charge in [0.15, 0.2) is 0 Å². The molecule has 1 saturated heterocycles. The summed E-state index contributed by atoms with van der Waals surface area (Å²) in [6.07, 6.45) is 0. The Morgan fingerprint density at radius 1 is 1.04 bits per heavy atom. The van der Waals surface area contributed by atoms with Crippen molar-refractivity contribution >= 4 is 23.1 Å². The van der Waals surface area contributed by atoms with Gasteiger partial charge in [-0.15, -0.1) is 0 Å². The molecule has 1 aliphatic rings. The van der Waals surface area contributed by atoms with Crippen LogP contribution < -0.4 is 4.90 Å². The molecule has 1 aliphatic heterocycles. The van der Waals surface area contributed by atoms with Gasteiger partial charge in [-0.2, -0.15) is 0 Å². The molecule has 2 N–H and O–H groups in total. The van der Waals surface area contributed by atoms with Gasteiger partial charge in [-0.05, 0) is 17.7 Å². The smallest absolute Gasteiger partial charge is 0.295 e. The van der Waals surface area contributed by atoms with Crippen LogP contribution >= 0.6 is 0 Å². The zero-order valence-electron chi connectivity index (χ0n) is 15.3. The Hall–Kier alpha value is -3.12. The highest BCUT2D eigenvalue weighted by Gasteiger charge is 2.45. The Labute approximate surface area is 158 Å². The van der Waals surface area contributed by atoms with Crippen molar-refractivity contribution in [3.8, 4) is 0 Å². The Balaban J connectivity index is 2.14. The summed E-state index contributed by atoms with van der Waals surface area (Å²) in [5, 5.41) is 20.1. The first kappa shape index (κ1) is 18.7. The van der Waals surface area contributed by atoms with Gasteiger partial charge in [0.2, 0.25) is 0 Å². The van der Waals surface area contributed by atoms with E-state index in [0.29, 0.717) is 11.1 Å². The molecule has 140 valence electrons. The molecule has 0 saturated carbocycles. The molecule has 2 aromatic carbocycles. The van der Waals surface area contributed by atoms with E-state index in [4.69, 9.17) is 0 Å². The molecule has 0 aliphatic carbocycles. The van der Waals surface area contributed by atoms with Crippen molar-refractivity contribution < 1.29 is 19.8 Å². The number of likely N-dealkylation sites (tertiary alicyclic amines) is 1. The van der Waals surface area contributed by atoms with Crippen LogP contribution in [0.25, 0.3) is 5.76 Å². The standard InChI is InChI=1S/C21H22N2O4/c1-22(2)16-10-8-14(9-11-16)18-17(19(25)15-6-4-3-5-7-15)20(26)21(27)23(18)12-13-24/h3-11,18,24-25H,12-13H2,1-2H3/b19-17+. The van der Waals surface area contributed by atoms with Gasteiger partial charge in [0, 0.05) is 31.9 Å². The Morgan fingerprint density at radius 2 is 1.67 bits per heavy atom. The average molecular weight is 366 g/mol. The zero-order chi connectivity index (χ0) is 19.6. The van der Waals surface area contributed by atoms with Gasteiger partial charge in [0.1, 0.15) is 5.76 Å². The summed E-state index contributed by atoms with van der Waals surface area (Å²) in [6, 6.07) is 15.4. The lowest BCUT2D eigenvalue weighted by molar-refractivity contribution is -0.140. The van der Waals surface area contributed by atoms with Crippen LogP contribution in [-0.4, -0.2) is 54.1 Å². The van der Waals surface area contributed by atoms with E-state index in [1.165, 1.54) is 4.90 Å². The number of β-amino-alcohol motifs (C(OH)–C–C–N with tert-alkyl or cyclic N) is 1. The number of amides is 1. The number of anilines is 1. The first-order chi connectivity index (χ1) is 13.0. The second-order valence-electron chi connectivity index (χ2n) is 6.57. The van der Waals surface area contributed by atoms with Crippen LogP contribution in [0.2, 0.25) is 0 Å². The summed E-state index contributed by atoms with van der Waals surface area (Å²) in [5.41, 5.74) is 2.18. The number of nitrogens with zero attached hydrogens (tertiary/aromatic N) is 2. The molecule has 1 unspecified atom stereocenters. The summed E-state index contributed by atoms with van der Waals surface area (Å²) in [4.78, 5) is 28.4. The van der Waals surface area contributed by atoms with E-state index in [9.17, 15) is 19.8 Å². The predicted octanol–water partition coefficient (Wildman–Crippen LogP) is 2.17. The molecule has 0 bridgehead atoms. The second kappa shape index (κ2) is 7.63. The van der Waals surface area contributed by atoms with Crippen LogP contribution in [0.4, 0.5) is 5.69 Å². The molecular formula is C21H22N2O4. The number of hydrogen-bond acceptors (Lipinski definition) is 5. The van der Waals surface area contributed by atoms with Crippen molar-refractivity contribution in [2.24, 2.45) is 0 Å². The molecule has 0 aromatic heterocycles. The van der Waals surface area contributed by atoms with Crippen LogP contribution in [-0.2, 0) is 9.59 Å². The van der Waals surface area contributed by atoms with E-state index in [1.807, 2.05) is 43.3 Å². The number of aliphatic hydroxyl groups is 2. The fourth-order valence-electron chi connectivity index (χ4n) is 3.27. The molecule has 1 amide bonds. The van der Waals surface area contributed by atoms with Crippen LogP contribution in [0.1, 0.15) is 17.2 Å².